The highest BCUT2D eigenvalue weighted by atomic mass is 16.6. The third-order valence-corrected chi connectivity index (χ3v) is 0.204. The van der Waals surface area contributed by atoms with Crippen molar-refractivity contribution in [3.8, 4) is 0 Å². The van der Waals surface area contributed by atoms with Crippen molar-refractivity contribution < 1.29 is 4.74 Å². The average molecular weight is 184 g/mol. The van der Waals surface area contributed by atoms with Crippen LogP contribution in [0.15, 0.2) is 51.6 Å². The SMILES string of the molecule is C1CO1.C=C.C=C.C=CC.C=CC. The second-order valence-electron chi connectivity index (χ2n) is 1.43. The van der Waals surface area contributed by atoms with Crippen molar-refractivity contribution in [2.24, 2.45) is 0 Å². The lowest BCUT2D eigenvalue weighted by Crippen LogP contribution is -1.20. The van der Waals surface area contributed by atoms with Crippen molar-refractivity contribution in [1.29, 1.82) is 0 Å². The fourth-order valence-electron chi connectivity index (χ4n) is 0. The number of allylic oxidation sites excluding steroid dienone is 2. The van der Waals surface area contributed by atoms with E-state index in [0.717, 1.165) is 13.2 Å². The third-order valence-electron chi connectivity index (χ3n) is 0.204. The summed E-state index contributed by atoms with van der Waals surface area (Å²) in [6.07, 6.45) is 3.50. The van der Waals surface area contributed by atoms with E-state index in [0.29, 0.717) is 0 Å². The lowest BCUT2D eigenvalue weighted by atomic mass is 10.8. The topological polar surface area (TPSA) is 12.5 Å². The smallest absolute Gasteiger partial charge is 0.0701 e. The van der Waals surface area contributed by atoms with E-state index in [4.69, 9.17) is 0 Å². The van der Waals surface area contributed by atoms with E-state index in [1.165, 1.54) is 0 Å². The van der Waals surface area contributed by atoms with Gasteiger partial charge in [0.2, 0.25) is 0 Å². The summed E-state index contributed by atoms with van der Waals surface area (Å²) >= 11 is 0. The molecular formula is C12H24O. The monoisotopic (exact) mass is 184 g/mol. The highest BCUT2D eigenvalue weighted by Crippen LogP contribution is 1.84. The highest BCUT2D eigenvalue weighted by Gasteiger charge is 1.94. The van der Waals surface area contributed by atoms with Crippen LogP contribution in [0.1, 0.15) is 13.8 Å². The number of rotatable bonds is 0. The number of hydrogen-bond donors (Lipinski definition) is 0. The van der Waals surface area contributed by atoms with E-state index < -0.39 is 0 Å². The molecule has 1 fully saturated rings. The van der Waals surface area contributed by atoms with Gasteiger partial charge < -0.3 is 4.74 Å². The molecule has 0 amide bonds. The van der Waals surface area contributed by atoms with Crippen LogP contribution in [0.5, 0.6) is 0 Å². The molecule has 78 valence electrons. The average Bonchev–Trinajstić information content (AvgIpc) is 2.99. The largest absolute Gasteiger partial charge is 0.377 e. The highest BCUT2D eigenvalue weighted by molar-refractivity contribution is 4.51. The van der Waals surface area contributed by atoms with Crippen molar-refractivity contribution in [2.45, 2.75) is 13.8 Å². The minimum Gasteiger partial charge on any atom is -0.377 e. The van der Waals surface area contributed by atoms with Crippen LogP contribution in [-0.2, 0) is 4.74 Å². The van der Waals surface area contributed by atoms with Gasteiger partial charge in [-0.25, -0.2) is 0 Å². The molecule has 1 heterocycles. The van der Waals surface area contributed by atoms with Crippen molar-refractivity contribution in [2.75, 3.05) is 13.2 Å². The van der Waals surface area contributed by atoms with E-state index in [1.54, 1.807) is 12.2 Å². The zero-order valence-corrected chi connectivity index (χ0v) is 9.22. The molecule has 0 bridgehead atoms. The van der Waals surface area contributed by atoms with Crippen LogP contribution in [0.2, 0.25) is 0 Å². The molecule has 0 aromatic heterocycles. The van der Waals surface area contributed by atoms with Gasteiger partial charge >= 0.3 is 0 Å². The molecule has 0 aliphatic carbocycles. The van der Waals surface area contributed by atoms with Gasteiger partial charge in [-0.3, -0.25) is 0 Å². The molecule has 0 radical (unpaired) electrons. The van der Waals surface area contributed by atoms with Crippen LogP contribution in [-0.4, -0.2) is 13.2 Å². The molecule has 1 rings (SSSR count). The fourth-order valence-corrected chi connectivity index (χ4v) is 0. The van der Waals surface area contributed by atoms with Crippen molar-refractivity contribution in [3.63, 3.8) is 0 Å². The molecule has 0 saturated carbocycles. The molecule has 0 aromatic carbocycles. The van der Waals surface area contributed by atoms with Crippen molar-refractivity contribution in [3.05, 3.63) is 51.6 Å². The minimum absolute atomic E-state index is 1.00. The molecule has 1 nitrogen and oxygen atoms in total. The van der Waals surface area contributed by atoms with E-state index in [1.807, 2.05) is 13.8 Å². The van der Waals surface area contributed by atoms with Gasteiger partial charge in [0.05, 0.1) is 13.2 Å². The Hall–Kier alpha value is -1.08. The predicted molar refractivity (Wildman–Crippen MR) is 65.1 cm³/mol. The predicted octanol–water partition coefficient (Wildman–Crippen LogP) is 4.01. The molecule has 0 aromatic rings. The molecule has 0 N–H and O–H groups in total. The fraction of sp³-hybridized carbons (Fsp3) is 0.333. The van der Waals surface area contributed by atoms with Crippen LogP contribution in [0.4, 0.5) is 0 Å². The van der Waals surface area contributed by atoms with Crippen LogP contribution < -0.4 is 0 Å². The summed E-state index contributed by atoms with van der Waals surface area (Å²) in [5, 5.41) is 0. The second-order valence-corrected chi connectivity index (χ2v) is 1.43. The summed E-state index contributed by atoms with van der Waals surface area (Å²) in [5.41, 5.74) is 0. The Balaban J connectivity index is -0.0000000397. The maximum absolute atomic E-state index is 4.50. The molecule has 1 saturated heterocycles. The van der Waals surface area contributed by atoms with E-state index >= 15 is 0 Å². The summed E-state index contributed by atoms with van der Waals surface area (Å²) < 4.78 is 4.50. The quantitative estimate of drug-likeness (QED) is 0.409. The van der Waals surface area contributed by atoms with Crippen LogP contribution >= 0.6 is 0 Å². The molecule has 1 heteroatoms. The standard InChI is InChI=1S/2C3H6.C2H4O.2C2H4/c2*1-3-2;1-2-3-1;2*1-2/h2*3H,1H2,2H3;1-2H2;2*1-2H2. The number of epoxide rings is 1. The Morgan fingerprint density at radius 3 is 0.923 bits per heavy atom. The molecule has 1 aliphatic rings. The molecule has 0 unspecified atom stereocenters. The van der Waals surface area contributed by atoms with Gasteiger partial charge in [-0.15, -0.1) is 39.5 Å². The van der Waals surface area contributed by atoms with Gasteiger partial charge in [0.15, 0.2) is 0 Å². The maximum Gasteiger partial charge on any atom is 0.0701 e. The van der Waals surface area contributed by atoms with Crippen LogP contribution in [0.3, 0.4) is 0 Å². The van der Waals surface area contributed by atoms with Crippen molar-refractivity contribution in [1.82, 2.24) is 0 Å². The normalized spacial score (nSPS) is 8.15. The second kappa shape index (κ2) is 69.9. The lowest BCUT2D eigenvalue weighted by Gasteiger charge is -1.31. The first kappa shape index (κ1) is 22.7. The Labute approximate surface area is 84.1 Å². The van der Waals surface area contributed by atoms with E-state index in [9.17, 15) is 0 Å². The van der Waals surface area contributed by atoms with Gasteiger partial charge in [-0.1, -0.05) is 12.2 Å². The van der Waals surface area contributed by atoms with Gasteiger partial charge in [0.25, 0.3) is 0 Å². The Kier molecular flexibility index (Phi) is 122. The van der Waals surface area contributed by atoms with Crippen LogP contribution in [0, 0.1) is 0 Å². The minimum atomic E-state index is 1.00. The van der Waals surface area contributed by atoms with E-state index in [2.05, 4.69) is 44.2 Å². The Morgan fingerprint density at radius 2 is 0.923 bits per heavy atom. The molecular weight excluding hydrogens is 160 g/mol. The van der Waals surface area contributed by atoms with Crippen molar-refractivity contribution >= 4 is 0 Å². The Morgan fingerprint density at radius 1 is 0.846 bits per heavy atom. The van der Waals surface area contributed by atoms with Gasteiger partial charge in [-0.05, 0) is 13.8 Å². The third kappa shape index (κ3) is 136000. The van der Waals surface area contributed by atoms with Crippen LogP contribution in [0.25, 0.3) is 0 Å². The van der Waals surface area contributed by atoms with Gasteiger partial charge in [-0.2, -0.15) is 0 Å². The molecule has 1 aliphatic heterocycles. The zero-order valence-electron chi connectivity index (χ0n) is 9.22. The first-order chi connectivity index (χ1) is 6.33. The van der Waals surface area contributed by atoms with Gasteiger partial charge in [0.1, 0.15) is 0 Å². The van der Waals surface area contributed by atoms with Gasteiger partial charge in [0, 0.05) is 0 Å². The maximum atomic E-state index is 4.50. The number of ether oxygens (including phenoxy) is 1. The Bertz CT molecular complexity index is 64.4. The summed E-state index contributed by atoms with van der Waals surface area (Å²) in [4.78, 5) is 0. The molecule has 0 spiro atoms. The zero-order chi connectivity index (χ0) is 11.5. The summed E-state index contributed by atoms with van der Waals surface area (Å²) in [5.74, 6) is 0. The van der Waals surface area contributed by atoms with E-state index in [-0.39, 0.29) is 0 Å². The summed E-state index contributed by atoms with van der Waals surface area (Å²) in [6, 6.07) is 0. The first-order valence-corrected chi connectivity index (χ1v) is 4.05. The number of hydrogen-bond acceptors (Lipinski definition) is 1. The lowest BCUT2D eigenvalue weighted by molar-refractivity contribution is 0.475. The first-order valence-electron chi connectivity index (χ1n) is 4.05. The summed E-state index contributed by atoms with van der Waals surface area (Å²) in [7, 11) is 0. The molecule has 0 atom stereocenters. The summed E-state index contributed by atoms with van der Waals surface area (Å²) in [6.45, 7) is 24.5. The molecule has 13 heavy (non-hydrogen) atoms.